The smallest absolute Gasteiger partial charge is 0.259 e. The van der Waals surface area contributed by atoms with Crippen LogP contribution in [-0.4, -0.2) is 29.8 Å². The van der Waals surface area contributed by atoms with Crippen LogP contribution in [0.15, 0.2) is 12.2 Å². The topological polar surface area (TPSA) is 12.5 Å². The first kappa shape index (κ1) is 10.5. The Balaban J connectivity index is 2.01. The molecule has 1 aliphatic heterocycles. The van der Waals surface area contributed by atoms with Crippen molar-refractivity contribution >= 4 is 17.4 Å². The predicted octanol–water partition coefficient (Wildman–Crippen LogP) is 2.35. The molecule has 0 atom stereocenters. The summed E-state index contributed by atoms with van der Waals surface area (Å²) in [7, 11) is 0. The Labute approximate surface area is 85.6 Å². The molecule has 0 unspecified atom stereocenters. The molecular weight excluding hydrogens is 182 g/mol. The Kier molecular flexibility index (Phi) is 4.83. The van der Waals surface area contributed by atoms with Crippen molar-refractivity contribution in [2.24, 2.45) is 0 Å². The van der Waals surface area contributed by atoms with Crippen LogP contribution >= 0.6 is 12.2 Å². The van der Waals surface area contributed by atoms with Crippen molar-refractivity contribution in [1.29, 1.82) is 0 Å². The van der Waals surface area contributed by atoms with E-state index in [1.807, 2.05) is 6.08 Å². The van der Waals surface area contributed by atoms with Crippen molar-refractivity contribution in [3.63, 3.8) is 0 Å². The molecule has 0 N–H and O–H groups in total. The van der Waals surface area contributed by atoms with Crippen molar-refractivity contribution in [3.8, 4) is 0 Å². The Morgan fingerprint density at radius 2 is 2.23 bits per heavy atom. The molecule has 1 rings (SSSR count). The van der Waals surface area contributed by atoms with E-state index in [9.17, 15) is 0 Å². The Hall–Kier alpha value is -0.570. The summed E-state index contributed by atoms with van der Waals surface area (Å²) in [6.45, 7) is 4.92. The second-order valence-electron chi connectivity index (χ2n) is 3.18. The first-order valence-electron chi connectivity index (χ1n) is 4.91. The second kappa shape index (κ2) is 5.97. The Morgan fingerprint density at radius 3 is 2.77 bits per heavy atom. The molecule has 1 saturated heterocycles. The number of allylic oxidation sites excluding steroid dienone is 1. The van der Waals surface area contributed by atoms with Gasteiger partial charge in [-0.15, -0.1) is 0 Å². The number of unbranched alkanes of at least 4 members (excludes halogenated alkanes) is 1. The summed E-state index contributed by atoms with van der Waals surface area (Å²) in [4.78, 5) is 2.09. The number of hydrogen-bond donors (Lipinski definition) is 0. The molecule has 0 aromatic carbocycles. The van der Waals surface area contributed by atoms with Crippen molar-refractivity contribution in [3.05, 3.63) is 12.2 Å². The monoisotopic (exact) mass is 199 g/mol. The summed E-state index contributed by atoms with van der Waals surface area (Å²) in [5.74, 6) is 0. The summed E-state index contributed by atoms with van der Waals surface area (Å²) < 4.78 is 5.36. The Bertz CT molecular complexity index is 187. The lowest BCUT2D eigenvalue weighted by Gasteiger charge is -2.32. The molecule has 0 amide bonds. The van der Waals surface area contributed by atoms with Gasteiger partial charge in [0, 0.05) is 13.1 Å². The Morgan fingerprint density at radius 1 is 1.46 bits per heavy atom. The summed E-state index contributed by atoms with van der Waals surface area (Å²) in [6, 6.07) is 0. The van der Waals surface area contributed by atoms with Crippen molar-refractivity contribution in [1.82, 2.24) is 4.90 Å². The zero-order valence-electron chi connectivity index (χ0n) is 8.16. The van der Waals surface area contributed by atoms with Gasteiger partial charge in [0.05, 0.1) is 0 Å². The van der Waals surface area contributed by atoms with E-state index in [0.29, 0.717) is 11.8 Å². The van der Waals surface area contributed by atoms with E-state index >= 15 is 0 Å². The quantitative estimate of drug-likeness (QED) is 0.509. The van der Waals surface area contributed by atoms with E-state index in [-0.39, 0.29) is 0 Å². The summed E-state index contributed by atoms with van der Waals surface area (Å²) in [5.41, 5.74) is 0. The maximum Gasteiger partial charge on any atom is 0.259 e. The molecule has 0 saturated carbocycles. The van der Waals surface area contributed by atoms with E-state index in [1.54, 1.807) is 0 Å². The van der Waals surface area contributed by atoms with E-state index in [0.717, 1.165) is 19.5 Å². The summed E-state index contributed by atoms with van der Waals surface area (Å²) in [6.07, 6.45) is 7.73. The maximum atomic E-state index is 5.36. The maximum absolute atomic E-state index is 5.36. The van der Waals surface area contributed by atoms with E-state index in [1.165, 1.54) is 12.8 Å². The van der Waals surface area contributed by atoms with Gasteiger partial charge in [0.15, 0.2) is 0 Å². The van der Waals surface area contributed by atoms with Gasteiger partial charge >= 0.3 is 0 Å². The second-order valence-corrected chi connectivity index (χ2v) is 3.53. The third-order valence-corrected chi connectivity index (χ3v) is 2.42. The molecule has 1 heterocycles. The van der Waals surface area contributed by atoms with Crippen molar-refractivity contribution < 1.29 is 4.74 Å². The first-order valence-corrected chi connectivity index (χ1v) is 5.32. The van der Waals surface area contributed by atoms with Gasteiger partial charge in [-0.2, -0.15) is 0 Å². The minimum Gasteiger partial charge on any atom is -0.467 e. The normalized spacial score (nSPS) is 15.9. The molecule has 0 aliphatic carbocycles. The fourth-order valence-electron chi connectivity index (χ4n) is 1.06. The van der Waals surface area contributed by atoms with Crippen LogP contribution < -0.4 is 0 Å². The van der Waals surface area contributed by atoms with Crippen LogP contribution in [0.1, 0.15) is 26.2 Å². The van der Waals surface area contributed by atoms with Gasteiger partial charge in [-0.1, -0.05) is 25.5 Å². The molecule has 13 heavy (non-hydrogen) atoms. The summed E-state index contributed by atoms with van der Waals surface area (Å²) in [5, 5.41) is 0.660. The molecule has 0 radical (unpaired) electrons. The molecule has 0 aromatic heterocycles. The van der Waals surface area contributed by atoms with Crippen LogP contribution in [0.2, 0.25) is 0 Å². The average molecular weight is 199 g/mol. The van der Waals surface area contributed by atoms with Crippen LogP contribution in [0, 0.1) is 0 Å². The highest BCUT2D eigenvalue weighted by Gasteiger charge is 2.17. The van der Waals surface area contributed by atoms with E-state index in [2.05, 4.69) is 17.9 Å². The lowest BCUT2D eigenvalue weighted by molar-refractivity contribution is 0.214. The standard InChI is InChI=1S/C10H17NOS/c1-2-3-4-5-9-12-10(13)11-7-6-8-11/h4-5H,2-3,6-9H2,1H3/b5-4+. The highest BCUT2D eigenvalue weighted by atomic mass is 32.1. The molecule has 74 valence electrons. The number of rotatable bonds is 4. The van der Waals surface area contributed by atoms with Crippen LogP contribution in [0.25, 0.3) is 0 Å². The highest BCUT2D eigenvalue weighted by Crippen LogP contribution is 2.07. The van der Waals surface area contributed by atoms with Crippen LogP contribution in [0.4, 0.5) is 0 Å². The molecule has 0 aromatic rings. The SMILES string of the molecule is CCC/C=C/COC(=S)N1CCC1. The van der Waals surface area contributed by atoms with Gasteiger partial charge in [-0.3, -0.25) is 0 Å². The first-order chi connectivity index (χ1) is 6.34. The molecule has 0 bridgehead atoms. The molecule has 1 fully saturated rings. The van der Waals surface area contributed by atoms with Gasteiger partial charge in [-0.05, 0) is 25.1 Å². The van der Waals surface area contributed by atoms with Gasteiger partial charge < -0.3 is 9.64 Å². The van der Waals surface area contributed by atoms with E-state index < -0.39 is 0 Å². The number of ether oxygens (including phenoxy) is 1. The lowest BCUT2D eigenvalue weighted by Crippen LogP contribution is -2.42. The zero-order chi connectivity index (χ0) is 9.52. The summed E-state index contributed by atoms with van der Waals surface area (Å²) >= 11 is 5.07. The van der Waals surface area contributed by atoms with Gasteiger partial charge in [0.2, 0.25) is 0 Å². The van der Waals surface area contributed by atoms with Gasteiger partial charge in [0.1, 0.15) is 6.61 Å². The molecular formula is C10H17NOS. The highest BCUT2D eigenvalue weighted by molar-refractivity contribution is 7.80. The minimum atomic E-state index is 0.620. The number of hydrogen-bond acceptors (Lipinski definition) is 2. The fourth-order valence-corrected chi connectivity index (χ4v) is 1.31. The molecule has 1 aliphatic rings. The molecule has 2 nitrogen and oxygen atoms in total. The molecule has 0 spiro atoms. The van der Waals surface area contributed by atoms with Crippen LogP contribution in [0.5, 0.6) is 0 Å². The van der Waals surface area contributed by atoms with Gasteiger partial charge in [0.25, 0.3) is 5.17 Å². The average Bonchev–Trinajstić information content (AvgIpc) is 2.01. The third kappa shape index (κ3) is 3.77. The number of nitrogens with zero attached hydrogens (tertiary/aromatic N) is 1. The fraction of sp³-hybridized carbons (Fsp3) is 0.700. The largest absolute Gasteiger partial charge is 0.467 e. The van der Waals surface area contributed by atoms with Gasteiger partial charge in [-0.25, -0.2) is 0 Å². The van der Waals surface area contributed by atoms with E-state index in [4.69, 9.17) is 17.0 Å². The number of thiocarbonyl (C=S) groups is 1. The lowest BCUT2D eigenvalue weighted by atomic mass is 10.2. The van der Waals surface area contributed by atoms with Crippen molar-refractivity contribution in [2.75, 3.05) is 19.7 Å². The zero-order valence-corrected chi connectivity index (χ0v) is 8.98. The van der Waals surface area contributed by atoms with Crippen LogP contribution in [0.3, 0.4) is 0 Å². The molecule has 3 heteroatoms. The third-order valence-electron chi connectivity index (χ3n) is 2.04. The van der Waals surface area contributed by atoms with Crippen molar-refractivity contribution in [2.45, 2.75) is 26.2 Å². The number of likely N-dealkylation sites (tertiary alicyclic amines) is 1. The predicted molar refractivity (Wildman–Crippen MR) is 58.8 cm³/mol. The van der Waals surface area contributed by atoms with Crippen LogP contribution in [-0.2, 0) is 4.74 Å². The minimum absolute atomic E-state index is 0.620.